The maximum atomic E-state index is 13.4. The van der Waals surface area contributed by atoms with Crippen LogP contribution in [0.5, 0.6) is 11.5 Å². The molecule has 4 unspecified atom stereocenters. The highest BCUT2D eigenvalue weighted by Crippen LogP contribution is 2.32. The van der Waals surface area contributed by atoms with Crippen LogP contribution < -0.4 is 29.9 Å². The summed E-state index contributed by atoms with van der Waals surface area (Å²) in [6, 6.07) is 14.4. The van der Waals surface area contributed by atoms with E-state index in [0.717, 1.165) is 36.9 Å². The maximum absolute atomic E-state index is 13.4. The van der Waals surface area contributed by atoms with Crippen molar-refractivity contribution in [3.63, 3.8) is 0 Å². The molecule has 2 saturated heterocycles. The Balaban J connectivity index is 0.920. The normalized spacial score (nSPS) is 21.5. The standard InChI is InChI=1S/C42H46F2N12O6/c1-3-33(53-15-19-55(20-16-53)41-45-23-27(43)24-46-41)51-37-39(59-31-11-7-5-9-29(31)49-37)61-35(57)13-14-36(58)62-40-38(50-30-10-6-8-12-32(30)60-40)52-34(4-2)54-17-21-56(22-18-54)42-47-25-28(44)26-48-42/h5-14,23-26,33-34,39-40H,3-4,15-22H2,1-2H3,(H,49,51)(H,50,52)/b14-13+. The van der Waals surface area contributed by atoms with Crippen LogP contribution in [0.2, 0.25) is 0 Å². The number of para-hydroxylation sites is 4. The van der Waals surface area contributed by atoms with Crippen molar-refractivity contribution in [2.75, 3.05) is 72.8 Å². The Kier molecular flexibility index (Phi) is 13.0. The summed E-state index contributed by atoms with van der Waals surface area (Å²) < 4.78 is 50.5. The minimum atomic E-state index is -1.25. The number of anilines is 4. The maximum Gasteiger partial charge on any atom is 0.334 e. The van der Waals surface area contributed by atoms with Crippen LogP contribution >= 0.6 is 0 Å². The summed E-state index contributed by atoms with van der Waals surface area (Å²) >= 11 is 0. The van der Waals surface area contributed by atoms with Crippen LogP contribution in [0.1, 0.15) is 26.7 Å². The molecule has 0 radical (unpaired) electrons. The van der Waals surface area contributed by atoms with Gasteiger partial charge in [-0.15, -0.1) is 0 Å². The fourth-order valence-electron chi connectivity index (χ4n) is 7.41. The summed E-state index contributed by atoms with van der Waals surface area (Å²) in [6.07, 6.45) is 4.70. The molecule has 0 bridgehead atoms. The summed E-state index contributed by atoms with van der Waals surface area (Å²) in [5, 5.41) is 6.53. The Morgan fingerprint density at radius 1 is 0.661 bits per heavy atom. The summed E-state index contributed by atoms with van der Waals surface area (Å²) in [5.41, 5.74) is 1.30. The molecule has 0 saturated carbocycles. The molecule has 4 aliphatic heterocycles. The molecule has 20 heteroatoms. The van der Waals surface area contributed by atoms with Gasteiger partial charge >= 0.3 is 24.5 Å². The van der Waals surface area contributed by atoms with Crippen molar-refractivity contribution in [2.24, 2.45) is 9.98 Å². The number of amidine groups is 2. The second-order valence-electron chi connectivity index (χ2n) is 14.6. The van der Waals surface area contributed by atoms with Gasteiger partial charge in [0, 0.05) is 64.5 Å². The fourth-order valence-corrected chi connectivity index (χ4v) is 7.41. The topological polar surface area (TPSA) is 184 Å². The quantitative estimate of drug-likeness (QED) is 0.154. The van der Waals surface area contributed by atoms with Crippen LogP contribution in [0.4, 0.5) is 32.1 Å². The second-order valence-corrected chi connectivity index (χ2v) is 14.6. The number of benzene rings is 2. The van der Waals surface area contributed by atoms with E-state index in [4.69, 9.17) is 28.9 Å². The average molecular weight is 853 g/mol. The van der Waals surface area contributed by atoms with Gasteiger partial charge in [0.1, 0.15) is 23.8 Å². The predicted octanol–water partition coefficient (Wildman–Crippen LogP) is 4.06. The highest BCUT2D eigenvalue weighted by Gasteiger charge is 2.34. The number of hydrogen-bond acceptors (Lipinski definition) is 16. The van der Waals surface area contributed by atoms with E-state index in [1.54, 1.807) is 24.3 Å². The van der Waals surface area contributed by atoms with E-state index in [-0.39, 0.29) is 24.0 Å². The Labute approximate surface area is 356 Å². The van der Waals surface area contributed by atoms with Crippen molar-refractivity contribution >= 4 is 46.9 Å². The molecule has 18 nitrogen and oxygen atoms in total. The van der Waals surface area contributed by atoms with Crippen LogP contribution in [-0.4, -0.2) is 131 Å². The zero-order chi connectivity index (χ0) is 43.0. The third-order valence-electron chi connectivity index (χ3n) is 10.6. The number of rotatable bonds is 12. The van der Waals surface area contributed by atoms with Crippen LogP contribution in [0.15, 0.2) is 95.5 Å². The Hall–Kier alpha value is -6.80. The largest absolute Gasteiger partial charge is 0.445 e. The number of piperazine rings is 2. The zero-order valence-corrected chi connectivity index (χ0v) is 34.1. The molecule has 4 aliphatic rings. The lowest BCUT2D eigenvalue weighted by Crippen LogP contribution is -2.51. The molecule has 0 aliphatic carbocycles. The third-order valence-corrected chi connectivity index (χ3v) is 10.6. The van der Waals surface area contributed by atoms with Crippen molar-refractivity contribution < 1.29 is 37.3 Å². The van der Waals surface area contributed by atoms with E-state index in [2.05, 4.69) is 40.4 Å². The van der Waals surface area contributed by atoms with Crippen molar-refractivity contribution in [1.29, 1.82) is 0 Å². The van der Waals surface area contributed by atoms with E-state index in [9.17, 15) is 18.4 Å². The third kappa shape index (κ3) is 10.0. The van der Waals surface area contributed by atoms with Crippen molar-refractivity contribution in [3.8, 4) is 11.5 Å². The molecule has 62 heavy (non-hydrogen) atoms. The van der Waals surface area contributed by atoms with Crippen molar-refractivity contribution in [2.45, 2.75) is 51.6 Å². The van der Waals surface area contributed by atoms with Gasteiger partial charge in [0.25, 0.3) is 0 Å². The summed E-state index contributed by atoms with van der Waals surface area (Å²) in [4.78, 5) is 61.3. The number of nitrogens with one attached hydrogen (secondary N) is 2. The molecule has 2 aromatic carbocycles. The number of carbonyl (C=O) groups excluding carboxylic acids is 2. The van der Waals surface area contributed by atoms with Gasteiger partial charge in [-0.2, -0.15) is 0 Å². The van der Waals surface area contributed by atoms with Crippen LogP contribution in [0.3, 0.4) is 0 Å². The predicted molar refractivity (Wildman–Crippen MR) is 225 cm³/mol. The molecular formula is C42H46F2N12O6. The lowest BCUT2D eigenvalue weighted by Gasteiger charge is -2.38. The van der Waals surface area contributed by atoms with E-state index < -0.39 is 36.2 Å². The summed E-state index contributed by atoms with van der Waals surface area (Å²) in [7, 11) is 0. The van der Waals surface area contributed by atoms with Crippen molar-refractivity contribution in [1.82, 2.24) is 29.7 Å². The van der Waals surface area contributed by atoms with Gasteiger partial charge in [-0.25, -0.2) is 48.3 Å². The highest BCUT2D eigenvalue weighted by molar-refractivity contribution is 6.04. The fraction of sp³-hybridized carbons (Fsp3) is 0.381. The molecule has 2 aromatic heterocycles. The van der Waals surface area contributed by atoms with Crippen LogP contribution in [0, 0.1) is 11.6 Å². The van der Waals surface area contributed by atoms with Gasteiger partial charge in [0.05, 0.1) is 36.2 Å². The van der Waals surface area contributed by atoms with Gasteiger partial charge < -0.3 is 39.4 Å². The molecule has 4 atom stereocenters. The summed E-state index contributed by atoms with van der Waals surface area (Å²) in [5.74, 6) is -0.347. The molecule has 2 fully saturated rings. The SMILES string of the molecule is CCC(N=C1Nc2ccccc2OC1OC(=O)/C=C/C(=O)OC1Oc2ccccc2NC1=NC(CC)N1CCN(c2ncc(F)cn2)CC1)N1CCN(c2ncc(F)cn2)CC1. The van der Waals surface area contributed by atoms with Gasteiger partial charge in [-0.3, -0.25) is 9.80 Å². The number of hydrogen-bond donors (Lipinski definition) is 2. The van der Waals surface area contributed by atoms with E-state index in [1.807, 2.05) is 47.9 Å². The number of fused-ring (bicyclic) bond motifs is 2. The number of nitrogens with zero attached hydrogens (tertiary/aromatic N) is 10. The van der Waals surface area contributed by atoms with Gasteiger partial charge in [0.15, 0.2) is 23.3 Å². The van der Waals surface area contributed by atoms with E-state index >= 15 is 0 Å². The van der Waals surface area contributed by atoms with Gasteiger partial charge in [-0.05, 0) is 37.1 Å². The number of ether oxygens (including phenoxy) is 4. The first kappa shape index (κ1) is 41.9. The molecule has 6 heterocycles. The second kappa shape index (κ2) is 19.3. The minimum absolute atomic E-state index is 0.279. The lowest BCUT2D eigenvalue weighted by atomic mass is 10.2. The zero-order valence-electron chi connectivity index (χ0n) is 34.1. The number of carbonyl (C=O) groups is 2. The number of halogens is 2. The Morgan fingerprint density at radius 2 is 1.03 bits per heavy atom. The first-order valence-corrected chi connectivity index (χ1v) is 20.5. The van der Waals surface area contributed by atoms with Crippen LogP contribution in [0.25, 0.3) is 0 Å². The molecule has 0 spiro atoms. The Bertz CT molecular complexity index is 2130. The number of aromatic nitrogens is 4. The molecular weight excluding hydrogens is 807 g/mol. The van der Waals surface area contributed by atoms with E-state index in [1.165, 1.54) is 0 Å². The molecule has 324 valence electrons. The van der Waals surface area contributed by atoms with Gasteiger partial charge in [0.2, 0.25) is 11.9 Å². The minimum Gasteiger partial charge on any atom is -0.445 e. The van der Waals surface area contributed by atoms with Crippen molar-refractivity contribution in [3.05, 3.63) is 97.1 Å². The van der Waals surface area contributed by atoms with Crippen LogP contribution in [-0.2, 0) is 19.1 Å². The molecule has 8 rings (SSSR count). The monoisotopic (exact) mass is 852 g/mol. The average Bonchev–Trinajstić information content (AvgIpc) is 3.30. The number of aliphatic imine (C=N–C) groups is 2. The first-order chi connectivity index (χ1) is 30.2. The first-order valence-electron chi connectivity index (χ1n) is 20.5. The summed E-state index contributed by atoms with van der Waals surface area (Å²) in [6.45, 7) is 8.96. The number of esters is 2. The Morgan fingerprint density at radius 3 is 1.40 bits per heavy atom. The molecule has 0 amide bonds. The van der Waals surface area contributed by atoms with E-state index in [0.29, 0.717) is 100.0 Å². The molecule has 4 aromatic rings. The van der Waals surface area contributed by atoms with Gasteiger partial charge in [-0.1, -0.05) is 38.1 Å². The lowest BCUT2D eigenvalue weighted by molar-refractivity contribution is -0.152. The molecule has 2 N–H and O–H groups in total. The smallest absolute Gasteiger partial charge is 0.334 e. The highest BCUT2D eigenvalue weighted by atomic mass is 19.1.